The van der Waals surface area contributed by atoms with Gasteiger partial charge in [-0.05, 0) is 37.3 Å². The predicted octanol–water partition coefficient (Wildman–Crippen LogP) is 2.77. The second-order valence-electron chi connectivity index (χ2n) is 5.40. The molecule has 4 N–H and O–H groups in total. The molecule has 0 heterocycles. The highest BCUT2D eigenvalue weighted by Gasteiger charge is 2.31. The predicted molar refractivity (Wildman–Crippen MR) is 84.2 cm³/mol. The molecule has 1 aliphatic rings. The monoisotopic (exact) mass is 294 g/mol. The largest absolute Gasteiger partial charge is 0.508 e. The molecular weight excluding hydrogens is 272 g/mol. The second-order valence-corrected chi connectivity index (χ2v) is 6.68. The molecule has 1 aromatic carbocycles. The first-order valence-corrected chi connectivity index (χ1v) is 8.21. The fourth-order valence-corrected chi connectivity index (χ4v) is 3.64. The molecule has 2 rings (SSSR count). The average Bonchev–Trinajstić information content (AvgIpc) is 2.48. The van der Waals surface area contributed by atoms with E-state index in [1.807, 2.05) is 11.8 Å². The normalized spacial score (nSPS) is 17.6. The molecule has 1 fully saturated rings. The number of nitrogens with two attached hydrogens (primary N) is 1. The molecule has 1 saturated carbocycles. The van der Waals surface area contributed by atoms with Crippen LogP contribution >= 0.6 is 11.8 Å². The van der Waals surface area contributed by atoms with E-state index in [-0.39, 0.29) is 16.4 Å². The lowest BCUT2D eigenvalue weighted by Crippen LogP contribution is -2.41. The van der Waals surface area contributed by atoms with E-state index >= 15 is 0 Å². The molecule has 0 radical (unpaired) electrons. The molecule has 20 heavy (non-hydrogen) atoms. The van der Waals surface area contributed by atoms with E-state index in [0.29, 0.717) is 17.8 Å². The van der Waals surface area contributed by atoms with Crippen LogP contribution in [0.25, 0.3) is 0 Å². The van der Waals surface area contributed by atoms with Gasteiger partial charge in [-0.1, -0.05) is 19.3 Å². The molecule has 0 saturated heterocycles. The fraction of sp³-hybridized carbons (Fsp3) is 0.533. The van der Waals surface area contributed by atoms with Crippen molar-refractivity contribution >= 4 is 23.4 Å². The number of benzene rings is 1. The Hall–Kier alpha value is -1.36. The SMILES string of the molecule is CSC1(CNC(=O)c2cc(O)ccc2N)CCCCC1. The number of hydrogen-bond acceptors (Lipinski definition) is 4. The lowest BCUT2D eigenvalue weighted by atomic mass is 9.88. The number of nitrogen functional groups attached to an aromatic ring is 1. The minimum atomic E-state index is -0.211. The number of anilines is 1. The van der Waals surface area contributed by atoms with Crippen molar-refractivity contribution < 1.29 is 9.90 Å². The highest BCUT2D eigenvalue weighted by atomic mass is 32.2. The molecule has 0 aromatic heterocycles. The van der Waals surface area contributed by atoms with Crippen LogP contribution < -0.4 is 11.1 Å². The number of amides is 1. The zero-order valence-corrected chi connectivity index (χ0v) is 12.6. The summed E-state index contributed by atoms with van der Waals surface area (Å²) in [6.07, 6.45) is 8.14. The molecule has 1 amide bonds. The summed E-state index contributed by atoms with van der Waals surface area (Å²) in [5, 5.41) is 12.4. The Labute approximate surface area is 124 Å². The maximum atomic E-state index is 12.2. The number of rotatable bonds is 4. The third-order valence-corrected chi connectivity index (χ3v) is 5.47. The van der Waals surface area contributed by atoms with E-state index in [1.165, 1.54) is 31.4 Å². The van der Waals surface area contributed by atoms with Gasteiger partial charge in [0.15, 0.2) is 0 Å². The van der Waals surface area contributed by atoms with Crippen LogP contribution in [-0.4, -0.2) is 28.6 Å². The van der Waals surface area contributed by atoms with E-state index in [9.17, 15) is 9.90 Å². The van der Waals surface area contributed by atoms with Crippen molar-refractivity contribution in [3.05, 3.63) is 23.8 Å². The first-order valence-electron chi connectivity index (χ1n) is 6.98. The molecule has 1 aromatic rings. The minimum absolute atomic E-state index is 0.0570. The van der Waals surface area contributed by atoms with Crippen molar-refractivity contribution in [2.45, 2.75) is 36.9 Å². The quantitative estimate of drug-likeness (QED) is 0.589. The van der Waals surface area contributed by atoms with Crippen LogP contribution in [0.1, 0.15) is 42.5 Å². The second kappa shape index (κ2) is 6.39. The summed E-state index contributed by atoms with van der Waals surface area (Å²) in [5.41, 5.74) is 6.52. The topological polar surface area (TPSA) is 75.3 Å². The molecule has 0 aliphatic heterocycles. The number of nitrogens with one attached hydrogen (secondary N) is 1. The highest BCUT2D eigenvalue weighted by molar-refractivity contribution is 8.00. The van der Waals surface area contributed by atoms with Crippen LogP contribution in [0.4, 0.5) is 5.69 Å². The molecule has 0 unspecified atom stereocenters. The lowest BCUT2D eigenvalue weighted by molar-refractivity contribution is 0.0947. The van der Waals surface area contributed by atoms with E-state index in [1.54, 1.807) is 6.07 Å². The minimum Gasteiger partial charge on any atom is -0.508 e. The maximum Gasteiger partial charge on any atom is 0.253 e. The van der Waals surface area contributed by atoms with Crippen molar-refractivity contribution in [3.8, 4) is 5.75 Å². The smallest absolute Gasteiger partial charge is 0.253 e. The fourth-order valence-electron chi connectivity index (χ4n) is 2.73. The summed E-state index contributed by atoms with van der Waals surface area (Å²) >= 11 is 1.84. The lowest BCUT2D eigenvalue weighted by Gasteiger charge is -2.35. The molecule has 0 bridgehead atoms. The zero-order chi connectivity index (χ0) is 14.6. The number of carbonyl (C=O) groups is 1. The van der Waals surface area contributed by atoms with Crippen molar-refractivity contribution in [1.29, 1.82) is 0 Å². The standard InChI is InChI=1S/C15H22N2O2S/c1-20-15(7-3-2-4-8-15)10-17-14(19)12-9-11(18)5-6-13(12)16/h5-6,9,18H,2-4,7-8,10,16H2,1H3,(H,17,19). The van der Waals surface area contributed by atoms with Gasteiger partial charge in [-0.15, -0.1) is 0 Å². The van der Waals surface area contributed by atoms with E-state index < -0.39 is 0 Å². The van der Waals surface area contributed by atoms with Crippen LogP contribution in [0.3, 0.4) is 0 Å². The summed E-state index contributed by atoms with van der Waals surface area (Å²) in [6, 6.07) is 4.45. The highest BCUT2D eigenvalue weighted by Crippen LogP contribution is 2.38. The Morgan fingerprint density at radius 3 is 2.75 bits per heavy atom. The number of phenolic OH excluding ortho intramolecular Hbond substituents is 1. The van der Waals surface area contributed by atoms with Crippen LogP contribution in [0.5, 0.6) is 5.75 Å². The van der Waals surface area contributed by atoms with Gasteiger partial charge < -0.3 is 16.2 Å². The first-order chi connectivity index (χ1) is 9.56. The Kier molecular flexibility index (Phi) is 4.81. The van der Waals surface area contributed by atoms with E-state index in [0.717, 1.165) is 12.8 Å². The van der Waals surface area contributed by atoms with Gasteiger partial charge in [0.05, 0.1) is 5.56 Å². The van der Waals surface area contributed by atoms with E-state index in [4.69, 9.17) is 5.73 Å². The summed E-state index contributed by atoms with van der Waals surface area (Å²) < 4.78 is 0.152. The molecule has 5 heteroatoms. The van der Waals surface area contributed by atoms with Gasteiger partial charge in [-0.3, -0.25) is 4.79 Å². The Balaban J connectivity index is 2.02. The van der Waals surface area contributed by atoms with Gasteiger partial charge in [0, 0.05) is 17.0 Å². The summed E-state index contributed by atoms with van der Waals surface area (Å²) in [4.78, 5) is 12.2. The van der Waals surface area contributed by atoms with Gasteiger partial charge in [0.1, 0.15) is 5.75 Å². The van der Waals surface area contributed by atoms with Gasteiger partial charge in [-0.2, -0.15) is 11.8 Å². The first kappa shape index (κ1) is 15.0. The summed E-state index contributed by atoms with van der Waals surface area (Å²) in [5.74, 6) is -0.154. The number of thioether (sulfide) groups is 1. The molecule has 1 aliphatic carbocycles. The zero-order valence-electron chi connectivity index (χ0n) is 11.8. The van der Waals surface area contributed by atoms with Crippen molar-refractivity contribution in [2.24, 2.45) is 0 Å². The number of hydrogen-bond donors (Lipinski definition) is 3. The van der Waals surface area contributed by atoms with Gasteiger partial charge in [-0.25, -0.2) is 0 Å². The Morgan fingerprint density at radius 1 is 1.40 bits per heavy atom. The van der Waals surface area contributed by atoms with Crippen LogP contribution in [-0.2, 0) is 0 Å². The molecular formula is C15H22N2O2S. The molecule has 4 nitrogen and oxygen atoms in total. The Bertz CT molecular complexity index is 485. The molecule has 0 atom stereocenters. The van der Waals surface area contributed by atoms with Crippen LogP contribution in [0.15, 0.2) is 18.2 Å². The molecule has 110 valence electrons. The maximum absolute atomic E-state index is 12.2. The van der Waals surface area contributed by atoms with Crippen molar-refractivity contribution in [3.63, 3.8) is 0 Å². The Morgan fingerprint density at radius 2 is 2.10 bits per heavy atom. The molecule has 0 spiro atoms. The van der Waals surface area contributed by atoms with Crippen LogP contribution in [0.2, 0.25) is 0 Å². The number of aromatic hydroxyl groups is 1. The number of phenols is 1. The van der Waals surface area contributed by atoms with Gasteiger partial charge in [0.25, 0.3) is 5.91 Å². The summed E-state index contributed by atoms with van der Waals surface area (Å²) in [7, 11) is 0. The number of carbonyl (C=O) groups excluding carboxylic acids is 1. The van der Waals surface area contributed by atoms with Gasteiger partial charge in [0.2, 0.25) is 0 Å². The van der Waals surface area contributed by atoms with E-state index in [2.05, 4.69) is 11.6 Å². The van der Waals surface area contributed by atoms with Crippen LogP contribution in [0, 0.1) is 0 Å². The van der Waals surface area contributed by atoms with Crippen molar-refractivity contribution in [1.82, 2.24) is 5.32 Å². The average molecular weight is 294 g/mol. The van der Waals surface area contributed by atoms with Gasteiger partial charge >= 0.3 is 0 Å². The third-order valence-electron chi connectivity index (χ3n) is 4.05. The van der Waals surface area contributed by atoms with Crippen molar-refractivity contribution in [2.75, 3.05) is 18.5 Å². The summed E-state index contributed by atoms with van der Waals surface area (Å²) in [6.45, 7) is 0.655. The third kappa shape index (κ3) is 3.39.